The highest BCUT2D eigenvalue weighted by Crippen LogP contribution is 2.37. The van der Waals surface area contributed by atoms with Crippen LogP contribution in [-0.2, 0) is 4.79 Å². The summed E-state index contributed by atoms with van der Waals surface area (Å²) in [5, 5.41) is 3.26. The summed E-state index contributed by atoms with van der Waals surface area (Å²) in [6.07, 6.45) is 2.95. The van der Waals surface area contributed by atoms with Crippen molar-refractivity contribution >= 4 is 32.6 Å². The molecule has 2 unspecified atom stereocenters. The summed E-state index contributed by atoms with van der Waals surface area (Å²) in [4.78, 5) is 20.6. The lowest BCUT2D eigenvalue weighted by Crippen LogP contribution is -2.14. The van der Waals surface area contributed by atoms with Crippen LogP contribution >= 0.6 is 11.3 Å². The number of thiazole rings is 1. The van der Waals surface area contributed by atoms with E-state index in [9.17, 15) is 9.18 Å². The Bertz CT molecular complexity index is 953. The van der Waals surface area contributed by atoms with E-state index in [1.165, 1.54) is 11.3 Å². The number of rotatable bonds is 3. The zero-order valence-electron chi connectivity index (χ0n) is 13.3. The molecule has 24 heavy (non-hydrogen) atoms. The first kappa shape index (κ1) is 15.2. The number of halogens is 1. The first-order valence-electron chi connectivity index (χ1n) is 7.80. The number of nitrogens with zero attached hydrogens (tertiary/aromatic N) is 2. The number of aryl methyl sites for hydroxylation is 2. The molecule has 0 saturated heterocycles. The Labute approximate surface area is 142 Å². The first-order chi connectivity index (χ1) is 11.5. The lowest BCUT2D eigenvalue weighted by atomic mass is 10.0. The van der Waals surface area contributed by atoms with E-state index < -0.39 is 12.1 Å². The maximum absolute atomic E-state index is 13.0. The number of hydrogen-bond donors (Lipinski definition) is 1. The van der Waals surface area contributed by atoms with Crippen LogP contribution in [0.25, 0.3) is 21.3 Å². The van der Waals surface area contributed by atoms with E-state index in [1.54, 1.807) is 6.20 Å². The zero-order chi connectivity index (χ0) is 16.8. The molecule has 0 aliphatic heterocycles. The van der Waals surface area contributed by atoms with Gasteiger partial charge in [-0.25, -0.2) is 9.37 Å². The molecule has 1 aliphatic rings. The molecular formula is C18H16FN3OS. The van der Waals surface area contributed by atoms with Gasteiger partial charge in [-0.2, -0.15) is 0 Å². The molecule has 1 aliphatic carbocycles. The van der Waals surface area contributed by atoms with Gasteiger partial charge in [0, 0.05) is 18.0 Å². The first-order valence-corrected chi connectivity index (χ1v) is 8.61. The molecule has 3 aromatic rings. The molecule has 2 aromatic heterocycles. The summed E-state index contributed by atoms with van der Waals surface area (Å²) < 4.78 is 14.0. The average molecular weight is 341 g/mol. The van der Waals surface area contributed by atoms with Crippen molar-refractivity contribution in [1.82, 2.24) is 9.97 Å². The molecule has 2 atom stereocenters. The van der Waals surface area contributed by atoms with Crippen molar-refractivity contribution in [2.24, 2.45) is 5.92 Å². The second-order valence-corrected chi connectivity index (χ2v) is 7.23. The number of aromatic nitrogens is 2. The summed E-state index contributed by atoms with van der Waals surface area (Å²) in [7, 11) is 0. The Kier molecular flexibility index (Phi) is 3.57. The van der Waals surface area contributed by atoms with E-state index in [0.717, 1.165) is 32.5 Å². The van der Waals surface area contributed by atoms with Crippen LogP contribution in [0.15, 0.2) is 30.6 Å². The number of alkyl halides is 1. The highest BCUT2D eigenvalue weighted by atomic mass is 32.1. The molecule has 0 bridgehead atoms. The van der Waals surface area contributed by atoms with Crippen molar-refractivity contribution in [2.75, 3.05) is 5.32 Å². The van der Waals surface area contributed by atoms with Gasteiger partial charge in [0.15, 0.2) is 5.13 Å². The monoisotopic (exact) mass is 341 g/mol. The van der Waals surface area contributed by atoms with E-state index in [0.29, 0.717) is 11.6 Å². The maximum atomic E-state index is 13.0. The predicted molar refractivity (Wildman–Crippen MR) is 94.0 cm³/mol. The number of amides is 1. The van der Waals surface area contributed by atoms with Crippen LogP contribution in [0.2, 0.25) is 0 Å². The molecular weight excluding hydrogens is 325 g/mol. The summed E-state index contributed by atoms with van der Waals surface area (Å²) in [5.74, 6) is -0.783. The Morgan fingerprint density at radius 1 is 1.33 bits per heavy atom. The summed E-state index contributed by atoms with van der Waals surface area (Å²) >= 11 is 1.41. The van der Waals surface area contributed by atoms with Crippen LogP contribution in [0, 0.1) is 19.8 Å². The number of pyridine rings is 1. The van der Waals surface area contributed by atoms with E-state index in [-0.39, 0.29) is 5.91 Å². The summed E-state index contributed by atoms with van der Waals surface area (Å²) in [5.41, 5.74) is 5.23. The number of anilines is 1. The van der Waals surface area contributed by atoms with Gasteiger partial charge in [0.25, 0.3) is 0 Å². The van der Waals surface area contributed by atoms with Gasteiger partial charge in [-0.1, -0.05) is 11.3 Å². The quantitative estimate of drug-likeness (QED) is 0.774. The highest BCUT2D eigenvalue weighted by Gasteiger charge is 2.43. The molecule has 4 nitrogen and oxygen atoms in total. The third kappa shape index (κ3) is 2.67. The second kappa shape index (κ2) is 5.63. The van der Waals surface area contributed by atoms with Crippen molar-refractivity contribution < 1.29 is 9.18 Å². The smallest absolute Gasteiger partial charge is 0.232 e. The Hall–Kier alpha value is -2.34. The molecule has 0 spiro atoms. The molecule has 6 heteroatoms. The van der Waals surface area contributed by atoms with Crippen LogP contribution in [0.1, 0.15) is 17.5 Å². The van der Waals surface area contributed by atoms with Crippen molar-refractivity contribution in [2.45, 2.75) is 26.4 Å². The normalized spacial score (nSPS) is 19.5. The van der Waals surface area contributed by atoms with Crippen LogP contribution in [-0.4, -0.2) is 22.0 Å². The topological polar surface area (TPSA) is 54.9 Å². The fourth-order valence-corrected chi connectivity index (χ4v) is 3.79. The lowest BCUT2D eigenvalue weighted by Gasteiger charge is -2.06. The molecule has 1 aromatic carbocycles. The molecule has 1 saturated carbocycles. The van der Waals surface area contributed by atoms with Crippen LogP contribution in [0.4, 0.5) is 9.52 Å². The minimum atomic E-state index is -0.999. The highest BCUT2D eigenvalue weighted by molar-refractivity contribution is 7.22. The lowest BCUT2D eigenvalue weighted by molar-refractivity contribution is -0.117. The van der Waals surface area contributed by atoms with Crippen molar-refractivity contribution in [1.29, 1.82) is 0 Å². The molecule has 0 radical (unpaired) electrons. The van der Waals surface area contributed by atoms with E-state index in [2.05, 4.69) is 34.3 Å². The summed E-state index contributed by atoms with van der Waals surface area (Å²) in [6.45, 7) is 4.05. The molecule has 1 amide bonds. The fraction of sp³-hybridized carbons (Fsp3) is 0.278. The fourth-order valence-electron chi connectivity index (χ4n) is 2.81. The van der Waals surface area contributed by atoms with Gasteiger partial charge in [0.2, 0.25) is 5.91 Å². The van der Waals surface area contributed by atoms with Gasteiger partial charge >= 0.3 is 0 Å². The molecule has 4 rings (SSSR count). The number of fused-ring (bicyclic) bond motifs is 1. The van der Waals surface area contributed by atoms with Gasteiger partial charge < -0.3 is 5.32 Å². The molecule has 1 N–H and O–H groups in total. The van der Waals surface area contributed by atoms with Crippen molar-refractivity contribution in [3.8, 4) is 11.1 Å². The zero-order valence-corrected chi connectivity index (χ0v) is 14.2. The number of hydrogen-bond acceptors (Lipinski definition) is 4. The van der Waals surface area contributed by atoms with Crippen LogP contribution in [0.5, 0.6) is 0 Å². The predicted octanol–water partition coefficient (Wildman–Crippen LogP) is 4.27. The van der Waals surface area contributed by atoms with Crippen LogP contribution < -0.4 is 5.32 Å². The van der Waals surface area contributed by atoms with Gasteiger partial charge in [0.05, 0.1) is 16.1 Å². The van der Waals surface area contributed by atoms with E-state index in [1.807, 2.05) is 19.2 Å². The summed E-state index contributed by atoms with van der Waals surface area (Å²) in [6, 6.07) is 6.13. The van der Waals surface area contributed by atoms with E-state index >= 15 is 0 Å². The molecule has 122 valence electrons. The van der Waals surface area contributed by atoms with Gasteiger partial charge in [0.1, 0.15) is 6.17 Å². The number of carbonyl (C=O) groups is 1. The minimum absolute atomic E-state index is 0.275. The van der Waals surface area contributed by atoms with E-state index in [4.69, 9.17) is 0 Å². The second-order valence-electron chi connectivity index (χ2n) is 6.20. The van der Waals surface area contributed by atoms with Crippen molar-refractivity contribution in [3.63, 3.8) is 0 Å². The van der Waals surface area contributed by atoms with Gasteiger partial charge in [-0.3, -0.25) is 9.78 Å². The maximum Gasteiger partial charge on any atom is 0.232 e. The Balaban J connectivity index is 1.70. The Morgan fingerprint density at radius 2 is 2.12 bits per heavy atom. The number of carbonyl (C=O) groups excluding carboxylic acids is 1. The number of nitrogens with one attached hydrogen (secondary N) is 1. The van der Waals surface area contributed by atoms with Gasteiger partial charge in [-0.15, -0.1) is 0 Å². The largest absolute Gasteiger partial charge is 0.302 e. The Morgan fingerprint density at radius 3 is 2.83 bits per heavy atom. The SMILES string of the molecule is Cc1ccncc1-c1cc(C)c2nc(NC(=O)C3CC3F)sc2c1. The third-order valence-electron chi connectivity index (χ3n) is 4.32. The third-order valence-corrected chi connectivity index (χ3v) is 5.23. The molecule has 2 heterocycles. The molecule has 1 fully saturated rings. The number of benzene rings is 1. The van der Waals surface area contributed by atoms with Gasteiger partial charge in [-0.05, 0) is 55.2 Å². The van der Waals surface area contributed by atoms with Crippen molar-refractivity contribution in [3.05, 3.63) is 41.7 Å². The minimum Gasteiger partial charge on any atom is -0.302 e. The average Bonchev–Trinajstić information content (AvgIpc) is 3.14. The standard InChI is InChI=1S/C18H16FN3OS/c1-9-3-4-20-8-13(9)11-5-10(2)16-15(6-11)24-18(21-16)22-17(23)12-7-14(12)19/h3-6,8,12,14H,7H2,1-2H3,(H,21,22,23). The van der Waals surface area contributed by atoms with Crippen LogP contribution in [0.3, 0.4) is 0 Å².